The summed E-state index contributed by atoms with van der Waals surface area (Å²) in [5, 5.41) is 4.83. The molecule has 3 nitrogen and oxygen atoms in total. The summed E-state index contributed by atoms with van der Waals surface area (Å²) in [6.45, 7) is 2.39. The van der Waals surface area contributed by atoms with Gasteiger partial charge in [0.15, 0.2) is 0 Å². The zero-order valence-electron chi connectivity index (χ0n) is 8.32. The van der Waals surface area contributed by atoms with Gasteiger partial charge in [0.05, 0.1) is 4.88 Å². The molecule has 3 N–H and O–H groups in total. The highest BCUT2D eigenvalue weighted by molar-refractivity contribution is 7.27. The fraction of sp³-hybridized carbons (Fsp3) is 0.300. The minimum Gasteiger partial charge on any atom is -0.350 e. The molecule has 0 fully saturated rings. The quantitative estimate of drug-likeness (QED) is 0.862. The number of nitrogens with two attached hydrogens (primary N) is 1. The number of hydrogen-bond acceptors (Lipinski definition) is 4. The van der Waals surface area contributed by atoms with Crippen molar-refractivity contribution in [1.29, 1.82) is 0 Å². The maximum atomic E-state index is 11.7. The van der Waals surface area contributed by atoms with Crippen molar-refractivity contribution in [3.63, 3.8) is 0 Å². The summed E-state index contributed by atoms with van der Waals surface area (Å²) in [6.07, 6.45) is 0. The number of nitrogens with one attached hydrogen (secondary N) is 1. The minimum absolute atomic E-state index is 0.00460. The van der Waals surface area contributed by atoms with Gasteiger partial charge in [-0.2, -0.15) is 0 Å². The molecule has 0 bridgehead atoms. The molecule has 0 spiro atoms. The van der Waals surface area contributed by atoms with Gasteiger partial charge in [-0.15, -0.1) is 22.7 Å². The van der Waals surface area contributed by atoms with E-state index in [-0.39, 0.29) is 11.9 Å². The molecule has 2 rings (SSSR count). The molecular weight excluding hydrogens is 228 g/mol. The average molecular weight is 240 g/mol. The molecule has 2 heterocycles. The van der Waals surface area contributed by atoms with Crippen LogP contribution >= 0.6 is 22.7 Å². The van der Waals surface area contributed by atoms with Gasteiger partial charge in [-0.1, -0.05) is 0 Å². The summed E-state index contributed by atoms with van der Waals surface area (Å²) in [5.74, 6) is -0.0271. The van der Waals surface area contributed by atoms with Crippen molar-refractivity contribution < 1.29 is 4.79 Å². The number of rotatable bonds is 3. The normalized spacial score (nSPS) is 12.9. The summed E-state index contributed by atoms with van der Waals surface area (Å²) in [6, 6.07) is 3.96. The predicted octanol–water partition coefficient (Wildman–Crippen LogP) is 2.04. The van der Waals surface area contributed by atoms with Gasteiger partial charge in [0.25, 0.3) is 5.91 Å². The summed E-state index contributed by atoms with van der Waals surface area (Å²) < 4.78 is 2.34. The molecule has 0 aromatic carbocycles. The Balaban J connectivity index is 2.10. The Bertz CT molecular complexity index is 444. The van der Waals surface area contributed by atoms with Crippen LogP contribution in [0.2, 0.25) is 0 Å². The van der Waals surface area contributed by atoms with Gasteiger partial charge < -0.3 is 11.1 Å². The summed E-state index contributed by atoms with van der Waals surface area (Å²) in [4.78, 5) is 12.4. The molecule has 5 heteroatoms. The smallest absolute Gasteiger partial charge is 0.261 e. The van der Waals surface area contributed by atoms with Crippen LogP contribution in [0.4, 0.5) is 0 Å². The van der Waals surface area contributed by atoms with Gasteiger partial charge in [-0.25, -0.2) is 0 Å². The molecule has 0 aliphatic rings. The number of amides is 1. The lowest BCUT2D eigenvalue weighted by Crippen LogP contribution is -2.34. The Labute approximate surface area is 95.9 Å². The number of carbonyl (C=O) groups excluding carboxylic acids is 1. The molecule has 2 aromatic heterocycles. The molecule has 0 aliphatic heterocycles. The van der Waals surface area contributed by atoms with E-state index in [2.05, 4.69) is 5.32 Å². The first kappa shape index (κ1) is 10.6. The van der Waals surface area contributed by atoms with E-state index in [4.69, 9.17) is 5.73 Å². The third kappa shape index (κ3) is 2.37. The number of carbonyl (C=O) groups is 1. The molecular formula is C10H12N2OS2. The van der Waals surface area contributed by atoms with Gasteiger partial charge in [0, 0.05) is 22.0 Å². The van der Waals surface area contributed by atoms with Crippen LogP contribution in [0, 0.1) is 0 Å². The van der Waals surface area contributed by atoms with E-state index in [0.29, 0.717) is 6.54 Å². The molecule has 2 aromatic rings. The topological polar surface area (TPSA) is 55.1 Å². The van der Waals surface area contributed by atoms with E-state index in [1.165, 1.54) is 20.7 Å². The Kier molecular flexibility index (Phi) is 3.04. The van der Waals surface area contributed by atoms with Crippen molar-refractivity contribution in [2.24, 2.45) is 5.73 Å². The molecule has 80 valence electrons. The van der Waals surface area contributed by atoms with Crippen LogP contribution < -0.4 is 11.1 Å². The van der Waals surface area contributed by atoms with E-state index in [1.54, 1.807) is 11.3 Å². The van der Waals surface area contributed by atoms with Crippen molar-refractivity contribution in [1.82, 2.24) is 5.32 Å². The first-order chi connectivity index (χ1) is 7.16. The summed E-state index contributed by atoms with van der Waals surface area (Å²) in [7, 11) is 0. The van der Waals surface area contributed by atoms with Crippen LogP contribution in [0.3, 0.4) is 0 Å². The van der Waals surface area contributed by atoms with Crippen molar-refractivity contribution in [3.8, 4) is 0 Å². The van der Waals surface area contributed by atoms with Crippen LogP contribution in [0.25, 0.3) is 9.40 Å². The summed E-state index contributed by atoms with van der Waals surface area (Å²) in [5.41, 5.74) is 5.56. The lowest BCUT2D eigenvalue weighted by molar-refractivity contribution is 0.0956. The number of hydrogen-bond donors (Lipinski definition) is 2. The maximum Gasteiger partial charge on any atom is 0.261 e. The highest BCUT2D eigenvalue weighted by atomic mass is 32.1. The zero-order chi connectivity index (χ0) is 10.8. The second-order valence-corrected chi connectivity index (χ2v) is 5.48. The monoisotopic (exact) mass is 240 g/mol. The Morgan fingerprint density at radius 3 is 3.07 bits per heavy atom. The fourth-order valence-corrected chi connectivity index (χ4v) is 3.24. The fourth-order valence-electron chi connectivity index (χ4n) is 1.22. The van der Waals surface area contributed by atoms with Crippen LogP contribution in [-0.4, -0.2) is 18.5 Å². The molecule has 0 aliphatic carbocycles. The van der Waals surface area contributed by atoms with Gasteiger partial charge in [0.1, 0.15) is 0 Å². The van der Waals surface area contributed by atoms with Gasteiger partial charge in [-0.3, -0.25) is 4.79 Å². The van der Waals surface area contributed by atoms with Crippen LogP contribution in [0.15, 0.2) is 17.5 Å². The second kappa shape index (κ2) is 4.30. The van der Waals surface area contributed by atoms with Crippen LogP contribution in [-0.2, 0) is 0 Å². The van der Waals surface area contributed by atoms with Crippen LogP contribution in [0.1, 0.15) is 16.6 Å². The highest BCUT2D eigenvalue weighted by Gasteiger charge is 2.10. The Hall–Kier alpha value is -0.910. The maximum absolute atomic E-state index is 11.7. The molecule has 15 heavy (non-hydrogen) atoms. The molecule has 0 saturated heterocycles. The largest absolute Gasteiger partial charge is 0.350 e. The lowest BCUT2D eigenvalue weighted by atomic mass is 10.3. The predicted molar refractivity (Wildman–Crippen MR) is 65.7 cm³/mol. The first-order valence-electron chi connectivity index (χ1n) is 4.67. The van der Waals surface area contributed by atoms with Crippen molar-refractivity contribution in [2.75, 3.05) is 6.54 Å². The standard InChI is InChI=1S/C10H12N2OS2/c1-6(11)5-12-10(13)9-4-8-7(15-9)2-3-14-8/h2-4,6H,5,11H2,1H3,(H,12,13). The number of thiophene rings is 2. The number of fused-ring (bicyclic) bond motifs is 1. The third-order valence-corrected chi connectivity index (χ3v) is 4.04. The molecule has 0 radical (unpaired) electrons. The van der Waals surface area contributed by atoms with Crippen LogP contribution in [0.5, 0.6) is 0 Å². The zero-order valence-corrected chi connectivity index (χ0v) is 9.95. The van der Waals surface area contributed by atoms with Gasteiger partial charge in [0.2, 0.25) is 0 Å². The Morgan fingerprint density at radius 1 is 1.60 bits per heavy atom. The SMILES string of the molecule is CC(N)CNC(=O)c1cc2sccc2s1. The van der Waals surface area contributed by atoms with Crippen molar-refractivity contribution in [2.45, 2.75) is 13.0 Å². The van der Waals surface area contributed by atoms with E-state index < -0.39 is 0 Å². The Morgan fingerprint density at radius 2 is 2.40 bits per heavy atom. The third-order valence-electron chi connectivity index (χ3n) is 1.95. The average Bonchev–Trinajstić information content (AvgIpc) is 2.72. The second-order valence-electron chi connectivity index (χ2n) is 3.45. The van der Waals surface area contributed by atoms with Gasteiger partial charge in [-0.05, 0) is 24.4 Å². The molecule has 0 saturated carbocycles. The van der Waals surface area contributed by atoms with E-state index in [9.17, 15) is 4.79 Å². The lowest BCUT2D eigenvalue weighted by Gasteiger charge is -2.05. The molecule has 1 atom stereocenters. The van der Waals surface area contributed by atoms with E-state index in [0.717, 1.165) is 4.88 Å². The molecule has 1 amide bonds. The van der Waals surface area contributed by atoms with E-state index >= 15 is 0 Å². The highest BCUT2D eigenvalue weighted by Crippen LogP contribution is 2.29. The summed E-state index contributed by atoms with van der Waals surface area (Å²) >= 11 is 3.18. The van der Waals surface area contributed by atoms with Crippen molar-refractivity contribution >= 4 is 38.0 Å². The minimum atomic E-state index is -0.0271. The first-order valence-corrected chi connectivity index (χ1v) is 6.37. The van der Waals surface area contributed by atoms with Gasteiger partial charge >= 0.3 is 0 Å². The van der Waals surface area contributed by atoms with Crippen molar-refractivity contribution in [3.05, 3.63) is 22.4 Å². The van der Waals surface area contributed by atoms with E-state index in [1.807, 2.05) is 24.4 Å². The molecule has 1 unspecified atom stereocenters.